The van der Waals surface area contributed by atoms with Crippen molar-refractivity contribution in [2.45, 2.75) is 18.2 Å². The van der Waals surface area contributed by atoms with Crippen LogP contribution >= 0.6 is 24.0 Å². The fraction of sp³-hybridized carbons (Fsp3) is 0.364. The monoisotopic (exact) mass is 326 g/mol. The smallest absolute Gasteiger partial charge is 0.242 e. The van der Waals surface area contributed by atoms with E-state index in [1.807, 2.05) is 0 Å². The van der Waals surface area contributed by atoms with Gasteiger partial charge in [-0.1, -0.05) is 11.6 Å². The number of ketones is 1. The summed E-state index contributed by atoms with van der Waals surface area (Å²) >= 11 is 5.84. The number of rotatable bonds is 6. The molecule has 0 amide bonds. The van der Waals surface area contributed by atoms with Gasteiger partial charge < -0.3 is 5.73 Å². The molecule has 0 spiro atoms. The molecule has 0 aliphatic carbocycles. The van der Waals surface area contributed by atoms with Gasteiger partial charge in [-0.3, -0.25) is 4.79 Å². The summed E-state index contributed by atoms with van der Waals surface area (Å²) < 4.78 is 26.3. The van der Waals surface area contributed by atoms with Crippen LogP contribution in [0.3, 0.4) is 0 Å². The number of Topliss-reactive ketones (excluding diaryl/α,β-unsaturated/α-hetero) is 1. The van der Waals surface area contributed by atoms with Crippen LogP contribution in [0.15, 0.2) is 23.1 Å². The molecule has 0 bridgehead atoms. The second-order valence-electron chi connectivity index (χ2n) is 3.74. The molecular weight excluding hydrogens is 311 g/mol. The van der Waals surface area contributed by atoms with E-state index in [9.17, 15) is 13.2 Å². The van der Waals surface area contributed by atoms with Crippen LogP contribution in [0, 0.1) is 0 Å². The number of nitrogens with one attached hydrogen (secondary N) is 1. The normalized spacial score (nSPS) is 10.9. The van der Waals surface area contributed by atoms with E-state index in [0.717, 1.165) is 0 Å². The van der Waals surface area contributed by atoms with Gasteiger partial charge in [-0.2, -0.15) is 0 Å². The molecule has 0 unspecified atom stereocenters. The maximum absolute atomic E-state index is 12.0. The topological polar surface area (TPSA) is 89.3 Å². The molecule has 0 fully saturated rings. The first-order valence-corrected chi connectivity index (χ1v) is 7.25. The van der Waals surface area contributed by atoms with Crippen molar-refractivity contribution >= 4 is 39.8 Å². The second-order valence-corrected chi connectivity index (χ2v) is 5.88. The van der Waals surface area contributed by atoms with Crippen LogP contribution in [0.5, 0.6) is 0 Å². The second kappa shape index (κ2) is 7.81. The standard InChI is InChI=1S/C11H15ClN2O3S.ClH/c1-8(15)9-3-4-10(12)11(7-9)18(16,17)14-6-2-5-13;/h3-4,7,14H,2,5-6,13H2,1H3;1H. The van der Waals surface area contributed by atoms with Crippen molar-refractivity contribution in [3.05, 3.63) is 28.8 Å². The van der Waals surface area contributed by atoms with Crippen molar-refractivity contribution in [1.29, 1.82) is 0 Å². The van der Waals surface area contributed by atoms with E-state index in [-0.39, 0.29) is 34.7 Å². The molecule has 1 rings (SSSR count). The Morgan fingerprint density at radius 2 is 2.05 bits per heavy atom. The highest BCUT2D eigenvalue weighted by Crippen LogP contribution is 2.22. The largest absolute Gasteiger partial charge is 0.330 e. The van der Waals surface area contributed by atoms with E-state index in [1.54, 1.807) is 0 Å². The Balaban J connectivity index is 0.00000324. The minimum Gasteiger partial charge on any atom is -0.330 e. The summed E-state index contributed by atoms with van der Waals surface area (Å²) in [5.41, 5.74) is 5.59. The predicted octanol–water partition coefficient (Wildman–Crippen LogP) is 1.59. The minimum atomic E-state index is -3.71. The SMILES string of the molecule is CC(=O)c1ccc(Cl)c(S(=O)(=O)NCCCN)c1.Cl. The van der Waals surface area contributed by atoms with E-state index in [1.165, 1.54) is 25.1 Å². The average Bonchev–Trinajstić information content (AvgIpc) is 2.29. The zero-order valence-electron chi connectivity index (χ0n) is 10.3. The summed E-state index contributed by atoms with van der Waals surface area (Å²) in [6, 6.07) is 4.16. The van der Waals surface area contributed by atoms with Crippen molar-refractivity contribution in [3.63, 3.8) is 0 Å². The molecule has 0 heterocycles. The van der Waals surface area contributed by atoms with Gasteiger partial charge >= 0.3 is 0 Å². The van der Waals surface area contributed by atoms with E-state index < -0.39 is 10.0 Å². The maximum atomic E-state index is 12.0. The van der Waals surface area contributed by atoms with Crippen molar-refractivity contribution in [2.75, 3.05) is 13.1 Å². The molecule has 0 saturated heterocycles. The van der Waals surface area contributed by atoms with E-state index in [2.05, 4.69) is 4.72 Å². The van der Waals surface area contributed by atoms with Crippen LogP contribution in [-0.2, 0) is 10.0 Å². The van der Waals surface area contributed by atoms with Crippen molar-refractivity contribution in [1.82, 2.24) is 4.72 Å². The summed E-state index contributed by atoms with van der Waals surface area (Å²) in [4.78, 5) is 11.1. The summed E-state index contributed by atoms with van der Waals surface area (Å²) in [5, 5.41) is 0.0836. The highest BCUT2D eigenvalue weighted by Gasteiger charge is 2.18. The first-order valence-electron chi connectivity index (χ1n) is 5.38. The Hall–Kier alpha value is -0.660. The molecule has 0 aromatic heterocycles. The molecule has 0 aliphatic heterocycles. The van der Waals surface area contributed by atoms with Gasteiger partial charge in [0, 0.05) is 12.1 Å². The molecule has 8 heteroatoms. The number of nitrogens with two attached hydrogens (primary N) is 1. The lowest BCUT2D eigenvalue weighted by Crippen LogP contribution is -2.26. The van der Waals surface area contributed by atoms with Gasteiger partial charge in [0.15, 0.2) is 5.78 Å². The van der Waals surface area contributed by atoms with Crippen LogP contribution in [0.2, 0.25) is 5.02 Å². The lowest BCUT2D eigenvalue weighted by molar-refractivity contribution is 0.101. The lowest BCUT2D eigenvalue weighted by atomic mass is 10.1. The third-order valence-corrected chi connectivity index (χ3v) is 4.24. The van der Waals surface area contributed by atoms with Crippen LogP contribution < -0.4 is 10.5 Å². The van der Waals surface area contributed by atoms with Crippen LogP contribution in [-0.4, -0.2) is 27.3 Å². The number of carbonyl (C=O) groups excluding carboxylic acids is 1. The zero-order valence-corrected chi connectivity index (χ0v) is 12.7. The number of sulfonamides is 1. The number of benzene rings is 1. The first-order chi connectivity index (χ1) is 8.38. The van der Waals surface area contributed by atoms with Crippen molar-refractivity contribution in [2.24, 2.45) is 5.73 Å². The third-order valence-electron chi connectivity index (χ3n) is 2.30. The average molecular weight is 327 g/mol. The van der Waals surface area contributed by atoms with E-state index in [0.29, 0.717) is 18.5 Å². The molecular formula is C11H16Cl2N2O3S. The van der Waals surface area contributed by atoms with E-state index >= 15 is 0 Å². The molecule has 5 nitrogen and oxygen atoms in total. The van der Waals surface area contributed by atoms with E-state index in [4.69, 9.17) is 17.3 Å². The van der Waals surface area contributed by atoms with Gasteiger partial charge in [-0.15, -0.1) is 12.4 Å². The Bertz CT molecular complexity index is 547. The van der Waals surface area contributed by atoms with Gasteiger partial charge in [0.25, 0.3) is 0 Å². The quantitative estimate of drug-likeness (QED) is 0.613. The predicted molar refractivity (Wildman–Crippen MR) is 77.6 cm³/mol. The van der Waals surface area contributed by atoms with Crippen LogP contribution in [0.25, 0.3) is 0 Å². The molecule has 0 atom stereocenters. The van der Waals surface area contributed by atoms with Gasteiger partial charge in [-0.05, 0) is 38.1 Å². The highest BCUT2D eigenvalue weighted by molar-refractivity contribution is 7.89. The molecule has 1 aromatic rings. The number of carbonyl (C=O) groups is 1. The Morgan fingerprint density at radius 1 is 1.42 bits per heavy atom. The van der Waals surface area contributed by atoms with Gasteiger partial charge in [0.05, 0.1) is 5.02 Å². The first kappa shape index (κ1) is 18.3. The van der Waals surface area contributed by atoms with Crippen LogP contribution in [0.4, 0.5) is 0 Å². The Morgan fingerprint density at radius 3 is 2.58 bits per heavy atom. The van der Waals surface area contributed by atoms with Crippen molar-refractivity contribution in [3.8, 4) is 0 Å². The molecule has 19 heavy (non-hydrogen) atoms. The molecule has 0 saturated carbocycles. The lowest BCUT2D eigenvalue weighted by Gasteiger charge is -2.09. The highest BCUT2D eigenvalue weighted by atomic mass is 35.5. The zero-order chi connectivity index (χ0) is 13.8. The maximum Gasteiger partial charge on any atom is 0.242 e. The summed E-state index contributed by atoms with van der Waals surface area (Å²) in [5.74, 6) is -0.218. The Labute approximate surface area is 124 Å². The van der Waals surface area contributed by atoms with Gasteiger partial charge in [-0.25, -0.2) is 13.1 Å². The summed E-state index contributed by atoms with van der Waals surface area (Å²) in [7, 11) is -3.71. The molecule has 0 radical (unpaired) electrons. The fourth-order valence-corrected chi connectivity index (χ4v) is 2.91. The molecule has 1 aromatic carbocycles. The van der Waals surface area contributed by atoms with Gasteiger partial charge in [0.1, 0.15) is 4.90 Å². The van der Waals surface area contributed by atoms with Crippen molar-refractivity contribution < 1.29 is 13.2 Å². The molecule has 3 N–H and O–H groups in total. The summed E-state index contributed by atoms with van der Waals surface area (Å²) in [6.45, 7) is 1.99. The third kappa shape index (κ3) is 5.08. The number of hydrogen-bond donors (Lipinski definition) is 2. The Kier molecular flexibility index (Phi) is 7.54. The molecule has 108 valence electrons. The number of halogens is 2. The number of hydrogen-bond acceptors (Lipinski definition) is 4. The fourth-order valence-electron chi connectivity index (χ4n) is 1.31. The van der Waals surface area contributed by atoms with Gasteiger partial charge in [0.2, 0.25) is 10.0 Å². The minimum absolute atomic E-state index is 0. The molecule has 0 aliphatic rings. The summed E-state index contributed by atoms with van der Waals surface area (Å²) in [6.07, 6.45) is 0.531. The van der Waals surface area contributed by atoms with Crippen LogP contribution in [0.1, 0.15) is 23.7 Å².